The van der Waals surface area contributed by atoms with Gasteiger partial charge in [-0.3, -0.25) is 4.79 Å². The predicted octanol–water partition coefficient (Wildman–Crippen LogP) is 3.74. The fourth-order valence-electron chi connectivity index (χ4n) is 1.66. The zero-order chi connectivity index (χ0) is 12.6. The van der Waals surface area contributed by atoms with Gasteiger partial charge in [-0.25, -0.2) is 0 Å². The van der Waals surface area contributed by atoms with Crippen LogP contribution in [0.25, 0.3) is 10.9 Å². The molecule has 0 aliphatic heterocycles. The molecule has 3 nitrogen and oxygen atoms in total. The number of H-pyrrole nitrogens is 1. The van der Waals surface area contributed by atoms with Crippen molar-refractivity contribution in [3.05, 3.63) is 31.2 Å². The van der Waals surface area contributed by atoms with Gasteiger partial charge in [0.25, 0.3) is 0 Å². The molecule has 0 fully saturated rings. The Bertz CT molecular complexity index is 592. The molecule has 0 saturated heterocycles. The molecule has 0 bridgehead atoms. The van der Waals surface area contributed by atoms with Crippen LogP contribution >= 0.6 is 47.8 Å². The van der Waals surface area contributed by atoms with E-state index in [-0.39, 0.29) is 5.91 Å². The van der Waals surface area contributed by atoms with Crippen LogP contribution in [0.3, 0.4) is 0 Å². The Morgan fingerprint density at radius 1 is 1.35 bits per heavy atom. The first-order valence-electron chi connectivity index (χ1n) is 4.88. The maximum Gasteiger partial charge on any atom is 0.224 e. The lowest BCUT2D eigenvalue weighted by atomic mass is 10.1. The molecular formula is C11H9Br3N2O. The molecule has 1 amide bonds. The number of nitrogens with one attached hydrogen (secondary N) is 2. The SMILES string of the molecule is CNC(=O)Cc1c[nH]c2cc(Br)c(Br)c(Br)c12. The second kappa shape index (κ2) is 5.12. The van der Waals surface area contributed by atoms with Crippen LogP contribution in [0.1, 0.15) is 5.56 Å². The minimum atomic E-state index is -0.00292. The second-order valence-electron chi connectivity index (χ2n) is 3.57. The van der Waals surface area contributed by atoms with Crippen molar-refractivity contribution >= 4 is 64.6 Å². The topological polar surface area (TPSA) is 44.9 Å². The third-order valence-corrected chi connectivity index (χ3v) is 5.82. The van der Waals surface area contributed by atoms with Crippen LogP contribution in [0.2, 0.25) is 0 Å². The molecule has 1 heterocycles. The number of rotatable bonds is 2. The molecule has 0 aliphatic carbocycles. The summed E-state index contributed by atoms with van der Waals surface area (Å²) in [6.45, 7) is 0. The van der Waals surface area contributed by atoms with Crippen LogP contribution in [0.5, 0.6) is 0 Å². The molecule has 1 aromatic carbocycles. The van der Waals surface area contributed by atoms with E-state index in [1.165, 1.54) is 0 Å². The van der Waals surface area contributed by atoms with Crippen molar-refractivity contribution in [1.82, 2.24) is 10.3 Å². The summed E-state index contributed by atoms with van der Waals surface area (Å²) < 4.78 is 2.86. The summed E-state index contributed by atoms with van der Waals surface area (Å²) in [6, 6.07) is 1.98. The number of aromatic amines is 1. The van der Waals surface area contributed by atoms with E-state index in [1.54, 1.807) is 7.05 Å². The molecule has 0 atom stereocenters. The van der Waals surface area contributed by atoms with Crippen molar-refractivity contribution in [3.8, 4) is 0 Å². The van der Waals surface area contributed by atoms with Crippen LogP contribution in [0, 0.1) is 0 Å². The molecule has 2 aromatic rings. The van der Waals surface area contributed by atoms with Crippen LogP contribution in [-0.4, -0.2) is 17.9 Å². The predicted molar refractivity (Wildman–Crippen MR) is 79.2 cm³/mol. The Morgan fingerprint density at radius 2 is 2.06 bits per heavy atom. The number of hydrogen-bond acceptors (Lipinski definition) is 1. The van der Waals surface area contributed by atoms with Crippen LogP contribution in [-0.2, 0) is 11.2 Å². The van der Waals surface area contributed by atoms with Crippen LogP contribution in [0.15, 0.2) is 25.7 Å². The molecule has 0 saturated carbocycles. The molecule has 1 aromatic heterocycles. The summed E-state index contributed by atoms with van der Waals surface area (Å²) in [7, 11) is 1.64. The maximum absolute atomic E-state index is 11.4. The van der Waals surface area contributed by atoms with Crippen molar-refractivity contribution in [2.24, 2.45) is 0 Å². The number of amides is 1. The molecule has 0 unspecified atom stereocenters. The maximum atomic E-state index is 11.4. The molecular weight excluding hydrogens is 416 g/mol. The normalized spacial score (nSPS) is 10.8. The van der Waals surface area contributed by atoms with Crippen molar-refractivity contribution in [1.29, 1.82) is 0 Å². The van der Waals surface area contributed by atoms with Gasteiger partial charge < -0.3 is 10.3 Å². The Kier molecular flexibility index (Phi) is 3.95. The number of likely N-dealkylation sites (N-methyl/N-ethyl adjacent to an activating group) is 1. The molecule has 0 radical (unpaired) electrons. The third-order valence-electron chi connectivity index (χ3n) is 2.52. The van der Waals surface area contributed by atoms with E-state index in [0.29, 0.717) is 6.42 Å². The highest BCUT2D eigenvalue weighted by molar-refractivity contribution is 9.14. The summed E-state index contributed by atoms with van der Waals surface area (Å²) in [6.07, 6.45) is 2.23. The van der Waals surface area contributed by atoms with E-state index in [9.17, 15) is 4.79 Å². The number of halogens is 3. The minimum Gasteiger partial charge on any atom is -0.361 e. The van der Waals surface area contributed by atoms with E-state index >= 15 is 0 Å². The van der Waals surface area contributed by atoms with E-state index in [1.807, 2.05) is 12.3 Å². The Labute approximate surface area is 124 Å². The number of hydrogen-bond donors (Lipinski definition) is 2. The second-order valence-corrected chi connectivity index (χ2v) is 6.01. The highest BCUT2D eigenvalue weighted by atomic mass is 79.9. The number of fused-ring (bicyclic) bond motifs is 1. The van der Waals surface area contributed by atoms with Gasteiger partial charge in [0.1, 0.15) is 0 Å². The standard InChI is InChI=1S/C11H9Br3N2O/c1-15-8(17)2-5-4-16-7-3-6(12)10(13)11(14)9(5)7/h3-4,16H,2H2,1H3,(H,15,17). The first kappa shape index (κ1) is 13.1. The van der Waals surface area contributed by atoms with Gasteiger partial charge in [0.2, 0.25) is 5.91 Å². The van der Waals surface area contributed by atoms with Crippen molar-refractivity contribution in [2.75, 3.05) is 7.05 Å². The molecule has 2 rings (SSSR count). The third kappa shape index (κ3) is 2.44. The van der Waals surface area contributed by atoms with Gasteiger partial charge in [0.05, 0.1) is 6.42 Å². The van der Waals surface area contributed by atoms with Gasteiger partial charge >= 0.3 is 0 Å². The van der Waals surface area contributed by atoms with Gasteiger partial charge in [0, 0.05) is 37.6 Å². The summed E-state index contributed by atoms with van der Waals surface area (Å²) in [5.74, 6) is -0.00292. The smallest absolute Gasteiger partial charge is 0.224 e. The first-order valence-corrected chi connectivity index (χ1v) is 7.26. The summed E-state index contributed by atoms with van der Waals surface area (Å²) in [4.78, 5) is 14.6. The molecule has 0 spiro atoms. The quantitative estimate of drug-likeness (QED) is 0.709. The Morgan fingerprint density at radius 3 is 2.71 bits per heavy atom. The molecule has 90 valence electrons. The number of benzene rings is 1. The fraction of sp³-hybridized carbons (Fsp3) is 0.182. The molecule has 6 heteroatoms. The average molecular weight is 425 g/mol. The number of carbonyl (C=O) groups is 1. The highest BCUT2D eigenvalue weighted by Crippen LogP contribution is 2.38. The van der Waals surface area contributed by atoms with E-state index in [4.69, 9.17) is 0 Å². The van der Waals surface area contributed by atoms with Crippen molar-refractivity contribution in [3.63, 3.8) is 0 Å². The summed E-state index contributed by atoms with van der Waals surface area (Å²) >= 11 is 10.5. The monoisotopic (exact) mass is 422 g/mol. The molecule has 17 heavy (non-hydrogen) atoms. The Hall–Kier alpha value is -0.330. The zero-order valence-electron chi connectivity index (χ0n) is 8.90. The van der Waals surface area contributed by atoms with E-state index < -0.39 is 0 Å². The first-order chi connectivity index (χ1) is 8.04. The van der Waals surface area contributed by atoms with Gasteiger partial charge in [-0.1, -0.05) is 0 Å². The number of carbonyl (C=O) groups excluding carboxylic acids is 1. The lowest BCUT2D eigenvalue weighted by molar-refractivity contribution is -0.119. The van der Waals surface area contributed by atoms with Gasteiger partial charge in [-0.15, -0.1) is 0 Å². The van der Waals surface area contributed by atoms with Crippen molar-refractivity contribution < 1.29 is 4.79 Å². The van der Waals surface area contributed by atoms with Crippen molar-refractivity contribution in [2.45, 2.75) is 6.42 Å². The molecule has 0 aliphatic rings. The lowest BCUT2D eigenvalue weighted by Crippen LogP contribution is -2.19. The van der Waals surface area contributed by atoms with Crippen LogP contribution < -0.4 is 5.32 Å². The van der Waals surface area contributed by atoms with Gasteiger partial charge in [-0.05, 0) is 59.4 Å². The van der Waals surface area contributed by atoms with Crippen LogP contribution in [0.4, 0.5) is 0 Å². The van der Waals surface area contributed by atoms with E-state index in [2.05, 4.69) is 58.1 Å². The van der Waals surface area contributed by atoms with E-state index in [0.717, 1.165) is 29.9 Å². The number of aromatic nitrogens is 1. The average Bonchev–Trinajstić information content (AvgIpc) is 2.69. The minimum absolute atomic E-state index is 0.00292. The Balaban J connectivity index is 2.60. The van der Waals surface area contributed by atoms with Gasteiger partial charge in [-0.2, -0.15) is 0 Å². The zero-order valence-corrected chi connectivity index (χ0v) is 13.7. The molecule has 2 N–H and O–H groups in total. The lowest BCUT2D eigenvalue weighted by Gasteiger charge is -2.04. The largest absolute Gasteiger partial charge is 0.361 e. The summed E-state index contributed by atoms with van der Waals surface area (Å²) in [5, 5.41) is 3.66. The summed E-state index contributed by atoms with van der Waals surface area (Å²) in [5.41, 5.74) is 1.96. The fourth-order valence-corrected chi connectivity index (χ4v) is 3.35. The van der Waals surface area contributed by atoms with Gasteiger partial charge in [0.15, 0.2) is 0 Å². The highest BCUT2D eigenvalue weighted by Gasteiger charge is 2.14.